The van der Waals surface area contributed by atoms with Crippen molar-refractivity contribution in [3.63, 3.8) is 0 Å². The maximum absolute atomic E-state index is 9.95. The van der Waals surface area contributed by atoms with Crippen LogP contribution in [0.15, 0.2) is 24.3 Å². The van der Waals surface area contributed by atoms with Crippen LogP contribution >= 0.6 is 34.8 Å². The molecule has 0 amide bonds. The summed E-state index contributed by atoms with van der Waals surface area (Å²) in [5, 5.41) is 10.8. The van der Waals surface area contributed by atoms with Crippen molar-refractivity contribution in [1.82, 2.24) is 0 Å². The molecule has 6 heteroatoms. The lowest BCUT2D eigenvalue weighted by Gasteiger charge is -2.15. The molecule has 0 fully saturated rings. The summed E-state index contributed by atoms with van der Waals surface area (Å²) in [4.78, 5) is 0. The van der Waals surface area contributed by atoms with Crippen molar-refractivity contribution in [2.24, 2.45) is 0 Å². The highest BCUT2D eigenvalue weighted by molar-refractivity contribution is 6.37. The van der Waals surface area contributed by atoms with E-state index in [1.54, 1.807) is 18.2 Å². The predicted molar refractivity (Wildman–Crippen MR) is 88.2 cm³/mol. The number of halogens is 3. The zero-order valence-electron chi connectivity index (χ0n) is 11.5. The number of hydrogen-bond donors (Lipinski definition) is 2. The van der Waals surface area contributed by atoms with Crippen molar-refractivity contribution in [2.45, 2.75) is 19.8 Å². The minimum absolute atomic E-state index is 0.0496. The fourth-order valence-electron chi connectivity index (χ4n) is 1.89. The van der Waals surface area contributed by atoms with E-state index in [2.05, 4.69) is 0 Å². The third-order valence-electron chi connectivity index (χ3n) is 2.93. The van der Waals surface area contributed by atoms with Crippen molar-refractivity contribution in [3.05, 3.63) is 44.9 Å². The lowest BCUT2D eigenvalue weighted by Crippen LogP contribution is -1.94. The number of benzene rings is 2. The Labute approximate surface area is 138 Å². The fraction of sp³-hybridized carbons (Fsp3) is 0.200. The van der Waals surface area contributed by atoms with Gasteiger partial charge in [0.05, 0.1) is 15.1 Å². The third-order valence-corrected chi connectivity index (χ3v) is 3.78. The number of phenols is 1. The number of nitrogen functional groups attached to an aromatic ring is 1. The van der Waals surface area contributed by atoms with Crippen LogP contribution in [0.3, 0.4) is 0 Å². The Bertz CT molecular complexity index is 664. The minimum Gasteiger partial charge on any atom is -0.506 e. The van der Waals surface area contributed by atoms with Gasteiger partial charge in [-0.1, -0.05) is 48.7 Å². The Morgan fingerprint density at radius 3 is 2.10 bits per heavy atom. The largest absolute Gasteiger partial charge is 0.506 e. The molecule has 0 aliphatic rings. The average Bonchev–Trinajstić information content (AvgIpc) is 2.37. The van der Waals surface area contributed by atoms with Gasteiger partial charge < -0.3 is 15.6 Å². The number of anilines is 1. The molecule has 0 aliphatic heterocycles. The summed E-state index contributed by atoms with van der Waals surface area (Å²) in [6, 6.07) is 6.31. The highest BCUT2D eigenvalue weighted by Crippen LogP contribution is 2.42. The van der Waals surface area contributed by atoms with E-state index >= 15 is 0 Å². The summed E-state index contributed by atoms with van der Waals surface area (Å²) in [7, 11) is 0. The van der Waals surface area contributed by atoms with E-state index in [1.165, 1.54) is 6.07 Å². The van der Waals surface area contributed by atoms with Gasteiger partial charge in [-0.25, -0.2) is 0 Å². The molecule has 21 heavy (non-hydrogen) atoms. The van der Waals surface area contributed by atoms with Crippen LogP contribution in [-0.4, -0.2) is 5.11 Å². The van der Waals surface area contributed by atoms with E-state index in [0.29, 0.717) is 32.8 Å². The summed E-state index contributed by atoms with van der Waals surface area (Å²) >= 11 is 18.2. The molecule has 2 aromatic rings. The van der Waals surface area contributed by atoms with Gasteiger partial charge in [0.2, 0.25) is 0 Å². The first kappa shape index (κ1) is 16.1. The lowest BCUT2D eigenvalue weighted by atomic mass is 10.0. The van der Waals surface area contributed by atoms with Gasteiger partial charge in [-0.05, 0) is 24.1 Å². The van der Waals surface area contributed by atoms with Gasteiger partial charge in [-0.2, -0.15) is 0 Å². The van der Waals surface area contributed by atoms with Gasteiger partial charge in [0.1, 0.15) is 11.5 Å². The summed E-state index contributed by atoms with van der Waals surface area (Å²) in [5.41, 5.74) is 6.78. The van der Waals surface area contributed by atoms with Gasteiger partial charge in [0.25, 0.3) is 0 Å². The lowest BCUT2D eigenvalue weighted by molar-refractivity contribution is 0.455. The Kier molecular flexibility index (Phi) is 4.77. The van der Waals surface area contributed by atoms with Crippen LogP contribution < -0.4 is 10.5 Å². The molecule has 0 atom stereocenters. The molecule has 112 valence electrons. The van der Waals surface area contributed by atoms with Crippen LogP contribution in [0.2, 0.25) is 15.1 Å². The van der Waals surface area contributed by atoms with Crippen molar-refractivity contribution in [1.29, 1.82) is 0 Å². The minimum atomic E-state index is 0.0496. The first-order valence-electron chi connectivity index (χ1n) is 6.24. The first-order valence-corrected chi connectivity index (χ1v) is 7.37. The molecule has 0 heterocycles. The fourth-order valence-corrected chi connectivity index (χ4v) is 2.69. The van der Waals surface area contributed by atoms with Gasteiger partial charge in [0.15, 0.2) is 5.75 Å². The van der Waals surface area contributed by atoms with E-state index < -0.39 is 0 Å². The second kappa shape index (κ2) is 6.22. The Morgan fingerprint density at radius 1 is 1.00 bits per heavy atom. The molecule has 0 aliphatic carbocycles. The summed E-state index contributed by atoms with van der Waals surface area (Å²) in [6.07, 6.45) is 0. The van der Waals surface area contributed by atoms with Crippen LogP contribution in [0.4, 0.5) is 5.69 Å². The number of hydrogen-bond acceptors (Lipinski definition) is 3. The quantitative estimate of drug-likeness (QED) is 0.685. The van der Waals surface area contributed by atoms with Crippen molar-refractivity contribution in [3.8, 4) is 17.2 Å². The van der Waals surface area contributed by atoms with E-state index in [1.807, 2.05) is 13.8 Å². The van der Waals surface area contributed by atoms with Crippen molar-refractivity contribution < 1.29 is 9.84 Å². The van der Waals surface area contributed by atoms with Gasteiger partial charge in [-0.3, -0.25) is 0 Å². The van der Waals surface area contributed by atoms with Crippen LogP contribution in [0.1, 0.15) is 25.3 Å². The summed E-state index contributed by atoms with van der Waals surface area (Å²) < 4.78 is 5.71. The van der Waals surface area contributed by atoms with Gasteiger partial charge in [-0.15, -0.1) is 0 Å². The Morgan fingerprint density at radius 2 is 1.57 bits per heavy atom. The maximum Gasteiger partial charge on any atom is 0.164 e. The highest BCUT2D eigenvalue weighted by atomic mass is 35.5. The number of nitrogens with two attached hydrogens (primary N) is 1. The Hall–Kier alpha value is -1.29. The predicted octanol–water partition coefficient (Wildman–Crippen LogP) is 5.85. The summed E-state index contributed by atoms with van der Waals surface area (Å²) in [6.45, 7) is 3.89. The third kappa shape index (κ3) is 3.49. The molecule has 3 nitrogen and oxygen atoms in total. The molecule has 2 rings (SSSR count). The molecule has 0 radical (unpaired) electrons. The van der Waals surface area contributed by atoms with Crippen molar-refractivity contribution in [2.75, 3.05) is 5.73 Å². The SMILES string of the molecule is CC(C)c1cc(Oc2c(Cl)cc(N)cc2Cl)cc(Cl)c1O. The van der Waals surface area contributed by atoms with Crippen molar-refractivity contribution >= 4 is 40.5 Å². The number of phenolic OH excluding ortho intramolecular Hbond substituents is 1. The summed E-state index contributed by atoms with van der Waals surface area (Å²) in [5.74, 6) is 0.871. The van der Waals surface area contributed by atoms with E-state index in [0.717, 1.165) is 0 Å². The second-order valence-electron chi connectivity index (χ2n) is 4.91. The number of ether oxygens (including phenoxy) is 1. The molecule has 3 N–H and O–H groups in total. The molecule has 0 saturated heterocycles. The van der Waals surface area contributed by atoms with Gasteiger partial charge in [0, 0.05) is 17.3 Å². The zero-order chi connectivity index (χ0) is 15.7. The molecule has 2 aromatic carbocycles. The molecule has 0 unspecified atom stereocenters. The molecule has 0 bridgehead atoms. The van der Waals surface area contributed by atoms with Crippen LogP contribution in [0, 0.1) is 0 Å². The smallest absolute Gasteiger partial charge is 0.164 e. The van der Waals surface area contributed by atoms with E-state index in [9.17, 15) is 5.11 Å². The second-order valence-corrected chi connectivity index (χ2v) is 6.13. The average molecular weight is 347 g/mol. The molecular formula is C15H14Cl3NO2. The van der Waals surface area contributed by atoms with Crippen LogP contribution in [0.25, 0.3) is 0 Å². The van der Waals surface area contributed by atoms with E-state index in [-0.39, 0.29) is 16.7 Å². The maximum atomic E-state index is 9.95. The molecule has 0 spiro atoms. The normalized spacial score (nSPS) is 11.0. The molecule has 0 saturated carbocycles. The highest BCUT2D eigenvalue weighted by Gasteiger charge is 2.15. The standard InChI is InChI=1S/C15H14Cl3NO2/c1-7(2)10-5-9(6-11(16)14(10)20)21-15-12(17)3-8(19)4-13(15)18/h3-7,20H,19H2,1-2H3. The van der Waals surface area contributed by atoms with Crippen LogP contribution in [0.5, 0.6) is 17.2 Å². The topological polar surface area (TPSA) is 55.5 Å². The van der Waals surface area contributed by atoms with E-state index in [4.69, 9.17) is 45.3 Å². The Balaban J connectivity index is 2.45. The number of rotatable bonds is 3. The first-order chi connectivity index (χ1) is 9.79. The van der Waals surface area contributed by atoms with Gasteiger partial charge >= 0.3 is 0 Å². The zero-order valence-corrected chi connectivity index (χ0v) is 13.7. The van der Waals surface area contributed by atoms with Crippen LogP contribution in [-0.2, 0) is 0 Å². The monoisotopic (exact) mass is 345 g/mol. The molecule has 0 aromatic heterocycles. The number of aromatic hydroxyl groups is 1. The molecular weight excluding hydrogens is 333 g/mol.